The Morgan fingerprint density at radius 1 is 1.05 bits per heavy atom. The van der Waals surface area contributed by atoms with Crippen molar-refractivity contribution in [1.82, 2.24) is 0 Å². The van der Waals surface area contributed by atoms with Crippen molar-refractivity contribution >= 4 is 35.4 Å². The maximum atomic E-state index is 9.82. The van der Waals surface area contributed by atoms with E-state index < -0.39 is 17.6 Å². The summed E-state index contributed by atoms with van der Waals surface area (Å²) in [7, 11) is 11.8. The summed E-state index contributed by atoms with van der Waals surface area (Å²) in [5.41, 5.74) is 2.01. The number of phenols is 1. The first-order valence-electron chi connectivity index (χ1n) is 6.54. The molecule has 0 fully saturated rings. The van der Waals surface area contributed by atoms with Crippen LogP contribution in [0.1, 0.15) is 30.9 Å². The van der Waals surface area contributed by atoms with Crippen LogP contribution in [-0.4, -0.2) is 5.11 Å². The number of aromatic hydroxyl groups is 1. The van der Waals surface area contributed by atoms with Crippen LogP contribution in [0.5, 0.6) is 17.2 Å². The number of hydrogen-bond acceptors (Lipinski definition) is 2. The Bertz CT molecular complexity index is 598. The van der Waals surface area contributed by atoms with E-state index in [2.05, 4.69) is 0 Å². The Morgan fingerprint density at radius 3 is 2.24 bits per heavy atom. The summed E-state index contributed by atoms with van der Waals surface area (Å²) >= 11 is -1.79. The summed E-state index contributed by atoms with van der Waals surface area (Å²) in [5.74, 6) is 2.01. The topological polar surface area (TPSA) is 29.5 Å². The van der Waals surface area contributed by atoms with Crippen LogP contribution in [-0.2, 0) is 4.43 Å². The van der Waals surface area contributed by atoms with Crippen molar-refractivity contribution in [3.63, 3.8) is 0 Å². The van der Waals surface area contributed by atoms with Gasteiger partial charge in [0.2, 0.25) is 0 Å². The molecule has 5 heteroatoms. The first-order chi connectivity index (χ1) is 9.95. The van der Waals surface area contributed by atoms with E-state index in [1.807, 2.05) is 44.2 Å². The van der Waals surface area contributed by atoms with Gasteiger partial charge in [-0.3, -0.25) is 0 Å². The summed E-state index contributed by atoms with van der Waals surface area (Å²) < 4.78 is 6.59. The second kappa shape index (κ2) is 7.56. The van der Waals surface area contributed by atoms with E-state index in [9.17, 15) is 5.11 Å². The number of rotatable bonds is 5. The normalized spacial score (nSPS) is 11.6. The zero-order valence-electron chi connectivity index (χ0n) is 11.8. The van der Waals surface area contributed by atoms with Gasteiger partial charge >= 0.3 is 140 Å². The Labute approximate surface area is 139 Å². The monoisotopic (exact) mass is 438 g/mol. The number of halogens is 3. The molecule has 0 unspecified atom stereocenters. The predicted octanol–water partition coefficient (Wildman–Crippen LogP) is 6.62. The fraction of sp³-hybridized carbons (Fsp3) is 0.250. The van der Waals surface area contributed by atoms with Crippen LogP contribution in [0.4, 0.5) is 0 Å². The molecule has 0 amide bonds. The fourth-order valence-corrected chi connectivity index (χ4v) is 4.70. The van der Waals surface area contributed by atoms with Crippen LogP contribution in [0.25, 0.3) is 0 Å². The molecule has 1 N–H and O–H groups in total. The Hall–Kier alpha value is -0.650. The molecule has 2 nitrogen and oxygen atoms in total. The van der Waals surface area contributed by atoms with E-state index in [0.29, 0.717) is 11.5 Å². The molecule has 2 aromatic rings. The Balaban J connectivity index is 2.13. The van der Waals surface area contributed by atoms with E-state index >= 15 is 0 Å². The average molecular weight is 439 g/mol. The molecule has 0 bridgehead atoms. The second-order valence-electron chi connectivity index (χ2n) is 5.01. The number of alkyl halides is 1. The molecular weight excluding hydrogens is 422 g/mol. The number of ether oxygens (including phenoxy) is 1. The third-order valence-corrected chi connectivity index (χ3v) is 5.85. The first-order valence-corrected chi connectivity index (χ1v) is 13.5. The van der Waals surface area contributed by atoms with Gasteiger partial charge < -0.3 is 0 Å². The molecule has 0 atom stereocenters. The summed E-state index contributed by atoms with van der Waals surface area (Å²) in [6.07, 6.45) is 0. The van der Waals surface area contributed by atoms with E-state index in [1.165, 1.54) is 0 Å². The molecule has 0 spiro atoms. The van der Waals surface area contributed by atoms with Crippen molar-refractivity contribution in [2.45, 2.75) is 24.2 Å². The SMILES string of the molecule is CC(C)c1cc(Oc2ccc(CI(Cl)Cl)cc2)ccc1O. The third kappa shape index (κ3) is 4.94. The number of benzene rings is 2. The van der Waals surface area contributed by atoms with Gasteiger partial charge in [0.05, 0.1) is 0 Å². The molecule has 0 saturated carbocycles. The van der Waals surface area contributed by atoms with Gasteiger partial charge in [-0.15, -0.1) is 0 Å². The van der Waals surface area contributed by atoms with Crippen molar-refractivity contribution in [3.05, 3.63) is 53.6 Å². The zero-order valence-corrected chi connectivity index (χ0v) is 15.5. The van der Waals surface area contributed by atoms with Crippen molar-refractivity contribution in [1.29, 1.82) is 0 Å². The van der Waals surface area contributed by atoms with Gasteiger partial charge in [-0.25, -0.2) is 0 Å². The predicted molar refractivity (Wildman–Crippen MR) is 98.1 cm³/mol. The van der Waals surface area contributed by atoms with Crippen LogP contribution < -0.4 is 4.74 Å². The minimum atomic E-state index is -1.79. The molecule has 0 saturated heterocycles. The number of phenolic OH excluding ortho intramolecular Hbond substituents is 1. The standard InChI is InChI=1S/C16H17Cl2IO2/c1-11(2)15-9-14(7-8-16(15)20)21-13-5-3-12(4-6-13)10-19(17)18/h3-9,11,20H,10H2,1-2H3. The average Bonchev–Trinajstić information content (AvgIpc) is 2.42. The Kier molecular flexibility index (Phi) is 6.02. The van der Waals surface area contributed by atoms with Crippen molar-refractivity contribution < 1.29 is 9.84 Å². The quantitative estimate of drug-likeness (QED) is 0.419. The molecule has 0 aliphatic carbocycles. The van der Waals surface area contributed by atoms with E-state index in [4.69, 9.17) is 22.6 Å². The summed E-state index contributed by atoms with van der Waals surface area (Å²) in [6.45, 7) is 4.07. The van der Waals surface area contributed by atoms with E-state index in [-0.39, 0.29) is 5.92 Å². The molecule has 2 aromatic carbocycles. The van der Waals surface area contributed by atoms with Gasteiger partial charge in [0.1, 0.15) is 0 Å². The summed E-state index contributed by atoms with van der Waals surface area (Å²) in [5, 5.41) is 9.82. The first kappa shape index (κ1) is 16.7. The van der Waals surface area contributed by atoms with Crippen molar-refractivity contribution in [2.24, 2.45) is 0 Å². The summed E-state index contributed by atoms with van der Waals surface area (Å²) in [4.78, 5) is 0. The van der Waals surface area contributed by atoms with Gasteiger partial charge in [-0.05, 0) is 0 Å². The van der Waals surface area contributed by atoms with Crippen molar-refractivity contribution in [2.75, 3.05) is 0 Å². The molecular formula is C16H17Cl2IO2. The molecule has 0 radical (unpaired) electrons. The second-order valence-corrected chi connectivity index (χ2v) is 12.8. The van der Waals surface area contributed by atoms with Crippen LogP contribution in [0.3, 0.4) is 0 Å². The summed E-state index contributed by atoms with van der Waals surface area (Å²) in [6, 6.07) is 13.1. The Morgan fingerprint density at radius 2 is 1.67 bits per heavy atom. The molecule has 21 heavy (non-hydrogen) atoms. The zero-order chi connectivity index (χ0) is 15.4. The van der Waals surface area contributed by atoms with Gasteiger partial charge in [0, 0.05) is 0 Å². The van der Waals surface area contributed by atoms with Gasteiger partial charge in [-0.1, -0.05) is 0 Å². The van der Waals surface area contributed by atoms with Crippen LogP contribution in [0, 0.1) is 0 Å². The molecule has 114 valence electrons. The number of hydrogen-bond donors (Lipinski definition) is 1. The van der Waals surface area contributed by atoms with Gasteiger partial charge in [-0.2, -0.15) is 0 Å². The molecule has 0 aliphatic rings. The maximum absolute atomic E-state index is 9.82. The molecule has 0 aliphatic heterocycles. The molecule has 0 aromatic heterocycles. The van der Waals surface area contributed by atoms with E-state index in [0.717, 1.165) is 21.3 Å². The van der Waals surface area contributed by atoms with Gasteiger partial charge in [0.25, 0.3) is 0 Å². The van der Waals surface area contributed by atoms with Gasteiger partial charge in [0.15, 0.2) is 0 Å². The third-order valence-electron chi connectivity index (χ3n) is 3.04. The van der Waals surface area contributed by atoms with Crippen LogP contribution in [0.15, 0.2) is 42.5 Å². The van der Waals surface area contributed by atoms with Crippen LogP contribution >= 0.6 is 35.4 Å². The molecule has 0 heterocycles. The van der Waals surface area contributed by atoms with Crippen LogP contribution in [0.2, 0.25) is 0 Å². The fourth-order valence-electron chi connectivity index (χ4n) is 1.96. The molecule has 2 rings (SSSR count). The van der Waals surface area contributed by atoms with Crippen molar-refractivity contribution in [3.8, 4) is 17.2 Å². The minimum absolute atomic E-state index is 0.242. The van der Waals surface area contributed by atoms with E-state index in [1.54, 1.807) is 12.1 Å².